The van der Waals surface area contributed by atoms with E-state index in [0.717, 1.165) is 31.2 Å². The Morgan fingerprint density at radius 3 is 2.80 bits per heavy atom. The summed E-state index contributed by atoms with van der Waals surface area (Å²) in [5.74, 6) is 3.84. The highest BCUT2D eigenvalue weighted by Crippen LogP contribution is 2.12. The summed E-state index contributed by atoms with van der Waals surface area (Å²) in [4.78, 5) is 11.0. The molecule has 1 aromatic heterocycles. The maximum Gasteiger partial charge on any atom is 0.144 e. The first-order valence-electron chi connectivity index (χ1n) is 5.14. The average Bonchev–Trinajstić information content (AvgIpc) is 2.17. The van der Waals surface area contributed by atoms with Crippen LogP contribution in [-0.4, -0.2) is 39.5 Å². The molecule has 15 heavy (non-hydrogen) atoms. The fourth-order valence-electron chi connectivity index (χ4n) is 1.69. The van der Waals surface area contributed by atoms with Crippen LogP contribution in [0.2, 0.25) is 0 Å². The molecule has 0 radical (unpaired) electrons. The van der Waals surface area contributed by atoms with E-state index in [-0.39, 0.29) is 0 Å². The summed E-state index contributed by atoms with van der Waals surface area (Å²) in [7, 11) is 0. The molecule has 0 atom stereocenters. The first kappa shape index (κ1) is 10.7. The Morgan fingerprint density at radius 1 is 1.40 bits per heavy atom. The normalized spacial score (nSPS) is 17.9. The molecule has 2 heterocycles. The van der Waals surface area contributed by atoms with Crippen molar-refractivity contribution in [1.29, 1.82) is 0 Å². The summed E-state index contributed by atoms with van der Waals surface area (Å²) in [6.45, 7) is 5.03. The van der Waals surface area contributed by atoms with Crippen molar-refractivity contribution in [3.8, 4) is 0 Å². The number of thioether (sulfide) groups is 1. The quantitative estimate of drug-likeness (QED) is 0.809. The van der Waals surface area contributed by atoms with Crippen molar-refractivity contribution >= 4 is 17.6 Å². The van der Waals surface area contributed by atoms with E-state index in [0.29, 0.717) is 5.82 Å². The van der Waals surface area contributed by atoms with Crippen LogP contribution >= 0.6 is 11.8 Å². The third-order valence-electron chi connectivity index (χ3n) is 2.39. The van der Waals surface area contributed by atoms with Crippen LogP contribution in [-0.2, 0) is 6.54 Å². The summed E-state index contributed by atoms with van der Waals surface area (Å²) in [5.41, 5.74) is 6.64. The van der Waals surface area contributed by atoms with E-state index in [1.807, 2.05) is 18.7 Å². The molecule has 0 amide bonds. The highest BCUT2D eigenvalue weighted by molar-refractivity contribution is 7.99. The second kappa shape index (κ2) is 4.81. The predicted octanol–water partition coefficient (Wildman–Crippen LogP) is 0.916. The lowest BCUT2D eigenvalue weighted by molar-refractivity contribution is 0.287. The van der Waals surface area contributed by atoms with Gasteiger partial charge in [-0.2, -0.15) is 11.8 Å². The zero-order chi connectivity index (χ0) is 10.7. The number of nitrogens with zero attached hydrogens (tertiary/aromatic N) is 3. The van der Waals surface area contributed by atoms with Gasteiger partial charge in [0.05, 0.1) is 6.54 Å². The SMILES string of the molecule is Cc1cc(N)nc(CN2CCSCC2)n1. The Labute approximate surface area is 94.3 Å². The Balaban J connectivity index is 2.02. The van der Waals surface area contributed by atoms with Crippen LogP contribution in [0.4, 0.5) is 5.82 Å². The van der Waals surface area contributed by atoms with Gasteiger partial charge in [0, 0.05) is 36.4 Å². The minimum absolute atomic E-state index is 0.573. The molecule has 0 aliphatic carbocycles. The van der Waals surface area contributed by atoms with E-state index >= 15 is 0 Å². The number of hydrogen-bond donors (Lipinski definition) is 1. The van der Waals surface area contributed by atoms with Crippen LogP contribution in [0.5, 0.6) is 0 Å². The summed E-state index contributed by atoms with van der Waals surface area (Å²) in [6.07, 6.45) is 0. The van der Waals surface area contributed by atoms with E-state index in [1.165, 1.54) is 11.5 Å². The van der Waals surface area contributed by atoms with Crippen LogP contribution in [0.1, 0.15) is 11.5 Å². The van der Waals surface area contributed by atoms with Crippen molar-refractivity contribution in [3.05, 3.63) is 17.6 Å². The monoisotopic (exact) mass is 224 g/mol. The Morgan fingerprint density at radius 2 is 2.13 bits per heavy atom. The number of hydrogen-bond acceptors (Lipinski definition) is 5. The third kappa shape index (κ3) is 3.07. The van der Waals surface area contributed by atoms with E-state index < -0.39 is 0 Å². The molecule has 4 nitrogen and oxygen atoms in total. The average molecular weight is 224 g/mol. The molecule has 1 fully saturated rings. The highest BCUT2D eigenvalue weighted by atomic mass is 32.2. The smallest absolute Gasteiger partial charge is 0.144 e. The molecule has 0 aromatic carbocycles. The van der Waals surface area contributed by atoms with Crippen molar-refractivity contribution in [2.75, 3.05) is 30.3 Å². The van der Waals surface area contributed by atoms with Gasteiger partial charge in [-0.1, -0.05) is 0 Å². The maximum atomic E-state index is 5.69. The first-order chi connectivity index (χ1) is 7.24. The number of aryl methyl sites for hydroxylation is 1. The minimum Gasteiger partial charge on any atom is -0.384 e. The van der Waals surface area contributed by atoms with Gasteiger partial charge in [0.15, 0.2) is 0 Å². The predicted molar refractivity (Wildman–Crippen MR) is 63.8 cm³/mol. The highest BCUT2D eigenvalue weighted by Gasteiger charge is 2.12. The standard InChI is InChI=1S/C10H16N4S/c1-8-6-9(11)13-10(12-8)7-14-2-4-15-5-3-14/h6H,2-5,7H2,1H3,(H2,11,12,13). The zero-order valence-electron chi connectivity index (χ0n) is 8.94. The number of nitrogen functional groups attached to an aromatic ring is 1. The molecule has 1 aliphatic rings. The largest absolute Gasteiger partial charge is 0.384 e. The minimum atomic E-state index is 0.573. The summed E-state index contributed by atoms with van der Waals surface area (Å²) in [6, 6.07) is 1.80. The lowest BCUT2D eigenvalue weighted by Crippen LogP contribution is -2.32. The molecule has 2 N–H and O–H groups in total. The molecule has 2 rings (SSSR count). The molecule has 0 bridgehead atoms. The molecule has 1 aliphatic heterocycles. The van der Waals surface area contributed by atoms with Crippen LogP contribution in [0.3, 0.4) is 0 Å². The second-order valence-electron chi connectivity index (χ2n) is 3.74. The van der Waals surface area contributed by atoms with Crippen LogP contribution in [0, 0.1) is 6.92 Å². The first-order valence-corrected chi connectivity index (χ1v) is 6.29. The van der Waals surface area contributed by atoms with Gasteiger partial charge in [0.1, 0.15) is 11.6 Å². The lowest BCUT2D eigenvalue weighted by Gasteiger charge is -2.25. The lowest BCUT2D eigenvalue weighted by atomic mass is 10.4. The topological polar surface area (TPSA) is 55.0 Å². The van der Waals surface area contributed by atoms with Crippen LogP contribution < -0.4 is 5.73 Å². The van der Waals surface area contributed by atoms with E-state index in [1.54, 1.807) is 6.07 Å². The van der Waals surface area contributed by atoms with E-state index in [2.05, 4.69) is 14.9 Å². The van der Waals surface area contributed by atoms with Crippen molar-refractivity contribution in [3.63, 3.8) is 0 Å². The third-order valence-corrected chi connectivity index (χ3v) is 3.33. The fourth-order valence-corrected chi connectivity index (χ4v) is 2.66. The molecular weight excluding hydrogens is 208 g/mol. The van der Waals surface area contributed by atoms with Gasteiger partial charge in [-0.3, -0.25) is 4.90 Å². The molecule has 0 saturated carbocycles. The Kier molecular flexibility index (Phi) is 3.43. The molecule has 82 valence electrons. The van der Waals surface area contributed by atoms with Crippen molar-refractivity contribution < 1.29 is 0 Å². The zero-order valence-corrected chi connectivity index (χ0v) is 9.76. The van der Waals surface area contributed by atoms with Crippen LogP contribution in [0.25, 0.3) is 0 Å². The van der Waals surface area contributed by atoms with Gasteiger partial charge in [0.2, 0.25) is 0 Å². The van der Waals surface area contributed by atoms with Crippen molar-refractivity contribution in [2.45, 2.75) is 13.5 Å². The summed E-state index contributed by atoms with van der Waals surface area (Å²) in [5, 5.41) is 0. The van der Waals surface area contributed by atoms with Gasteiger partial charge >= 0.3 is 0 Å². The summed E-state index contributed by atoms with van der Waals surface area (Å²) >= 11 is 2.01. The van der Waals surface area contributed by atoms with Gasteiger partial charge in [0.25, 0.3) is 0 Å². The van der Waals surface area contributed by atoms with E-state index in [9.17, 15) is 0 Å². The molecule has 0 spiro atoms. The van der Waals surface area contributed by atoms with Crippen molar-refractivity contribution in [1.82, 2.24) is 14.9 Å². The molecule has 1 saturated heterocycles. The molecule has 0 unspecified atom stereocenters. The number of aromatic nitrogens is 2. The summed E-state index contributed by atoms with van der Waals surface area (Å²) < 4.78 is 0. The number of anilines is 1. The van der Waals surface area contributed by atoms with Crippen molar-refractivity contribution in [2.24, 2.45) is 0 Å². The van der Waals surface area contributed by atoms with Gasteiger partial charge in [-0.15, -0.1) is 0 Å². The molecular formula is C10H16N4S. The Hall–Kier alpha value is -0.810. The fraction of sp³-hybridized carbons (Fsp3) is 0.600. The van der Waals surface area contributed by atoms with Crippen LogP contribution in [0.15, 0.2) is 6.07 Å². The second-order valence-corrected chi connectivity index (χ2v) is 4.96. The Bertz CT molecular complexity index is 316. The molecule has 5 heteroatoms. The van der Waals surface area contributed by atoms with Gasteiger partial charge in [-0.25, -0.2) is 9.97 Å². The van der Waals surface area contributed by atoms with Gasteiger partial charge in [-0.05, 0) is 6.92 Å². The molecule has 1 aromatic rings. The number of nitrogens with two attached hydrogens (primary N) is 1. The number of rotatable bonds is 2. The van der Waals surface area contributed by atoms with Gasteiger partial charge < -0.3 is 5.73 Å². The van der Waals surface area contributed by atoms with E-state index in [4.69, 9.17) is 5.73 Å². The maximum absolute atomic E-state index is 5.69.